The van der Waals surface area contributed by atoms with E-state index in [1.165, 1.54) is 12.8 Å². The molecular formula is C16H26ClNO3. The van der Waals surface area contributed by atoms with E-state index in [2.05, 4.69) is 6.92 Å². The molecule has 1 aromatic carbocycles. The Morgan fingerprint density at radius 3 is 2.43 bits per heavy atom. The Bertz CT molecular complexity index is 395. The Balaban J connectivity index is 0.00000400. The average molecular weight is 316 g/mol. The van der Waals surface area contributed by atoms with Crippen molar-refractivity contribution < 1.29 is 14.3 Å². The Kier molecular flexibility index (Phi) is 10.7. The van der Waals surface area contributed by atoms with Crippen LogP contribution in [0.1, 0.15) is 51.1 Å². The summed E-state index contributed by atoms with van der Waals surface area (Å²) >= 11 is 0. The molecule has 120 valence electrons. The van der Waals surface area contributed by atoms with Crippen LogP contribution in [-0.2, 0) is 9.53 Å². The first-order valence-electron chi connectivity index (χ1n) is 7.31. The number of carbonyl (C=O) groups excluding carboxylic acids is 1. The third-order valence-electron chi connectivity index (χ3n) is 3.02. The van der Waals surface area contributed by atoms with E-state index in [0.717, 1.165) is 24.3 Å². The number of unbranched alkanes of at least 4 members (excludes halogenated alkanes) is 2. The first-order chi connectivity index (χ1) is 9.67. The highest BCUT2D eigenvalue weighted by atomic mass is 35.5. The van der Waals surface area contributed by atoms with Gasteiger partial charge in [0.05, 0.1) is 19.6 Å². The van der Waals surface area contributed by atoms with Crippen molar-refractivity contribution in [2.45, 2.75) is 45.6 Å². The first-order valence-corrected chi connectivity index (χ1v) is 7.31. The number of carbonyl (C=O) groups is 1. The minimum absolute atomic E-state index is 0. The molecule has 1 unspecified atom stereocenters. The molecule has 0 aliphatic rings. The number of benzene rings is 1. The molecule has 0 amide bonds. The molecule has 4 nitrogen and oxygen atoms in total. The van der Waals surface area contributed by atoms with Gasteiger partial charge in [-0.1, -0.05) is 31.9 Å². The second-order valence-corrected chi connectivity index (χ2v) is 4.74. The lowest BCUT2D eigenvalue weighted by molar-refractivity contribution is -0.143. The average Bonchev–Trinajstić information content (AvgIpc) is 2.44. The van der Waals surface area contributed by atoms with Crippen molar-refractivity contribution in [3.8, 4) is 5.75 Å². The van der Waals surface area contributed by atoms with Crippen LogP contribution >= 0.6 is 12.4 Å². The van der Waals surface area contributed by atoms with Crippen molar-refractivity contribution in [3.05, 3.63) is 29.8 Å². The summed E-state index contributed by atoms with van der Waals surface area (Å²) in [6, 6.07) is 7.26. The van der Waals surface area contributed by atoms with Crippen LogP contribution < -0.4 is 10.5 Å². The van der Waals surface area contributed by atoms with Crippen LogP contribution in [0.25, 0.3) is 0 Å². The largest absolute Gasteiger partial charge is 0.494 e. The summed E-state index contributed by atoms with van der Waals surface area (Å²) < 4.78 is 10.5. The number of rotatable bonds is 9. The summed E-state index contributed by atoms with van der Waals surface area (Å²) in [4.78, 5) is 11.4. The SMILES string of the molecule is CCCCCOc1ccc(C(N)CC(=O)OCC)cc1.Cl. The summed E-state index contributed by atoms with van der Waals surface area (Å²) in [5.41, 5.74) is 6.89. The molecule has 1 atom stereocenters. The molecular weight excluding hydrogens is 290 g/mol. The fourth-order valence-corrected chi connectivity index (χ4v) is 1.87. The molecule has 0 saturated heterocycles. The number of nitrogens with two attached hydrogens (primary N) is 1. The lowest BCUT2D eigenvalue weighted by atomic mass is 10.0. The van der Waals surface area contributed by atoms with E-state index in [1.54, 1.807) is 6.92 Å². The van der Waals surface area contributed by atoms with Crippen LogP contribution in [0, 0.1) is 0 Å². The summed E-state index contributed by atoms with van der Waals surface area (Å²) in [5.74, 6) is 0.577. The number of halogens is 1. The second-order valence-electron chi connectivity index (χ2n) is 4.74. The highest BCUT2D eigenvalue weighted by molar-refractivity contribution is 5.85. The fourth-order valence-electron chi connectivity index (χ4n) is 1.87. The van der Waals surface area contributed by atoms with Gasteiger partial charge in [0, 0.05) is 6.04 Å². The topological polar surface area (TPSA) is 61.5 Å². The highest BCUT2D eigenvalue weighted by Crippen LogP contribution is 2.19. The molecule has 5 heteroatoms. The van der Waals surface area contributed by atoms with Crippen LogP contribution in [0.5, 0.6) is 5.75 Å². The molecule has 0 saturated carbocycles. The van der Waals surface area contributed by atoms with E-state index in [1.807, 2.05) is 24.3 Å². The highest BCUT2D eigenvalue weighted by Gasteiger charge is 2.12. The number of esters is 1. The van der Waals surface area contributed by atoms with Gasteiger partial charge in [-0.3, -0.25) is 4.79 Å². The molecule has 0 bridgehead atoms. The van der Waals surface area contributed by atoms with Crippen LogP contribution in [0.2, 0.25) is 0 Å². The molecule has 0 aliphatic heterocycles. The van der Waals surface area contributed by atoms with Crippen molar-refractivity contribution in [1.82, 2.24) is 0 Å². The lowest BCUT2D eigenvalue weighted by Crippen LogP contribution is -2.17. The molecule has 1 rings (SSSR count). The van der Waals surface area contributed by atoms with E-state index in [0.29, 0.717) is 6.61 Å². The molecule has 0 spiro atoms. The van der Waals surface area contributed by atoms with Gasteiger partial charge in [0.15, 0.2) is 0 Å². The van der Waals surface area contributed by atoms with Gasteiger partial charge in [0.2, 0.25) is 0 Å². The van der Waals surface area contributed by atoms with Gasteiger partial charge in [0.25, 0.3) is 0 Å². The maximum Gasteiger partial charge on any atom is 0.307 e. The van der Waals surface area contributed by atoms with Crippen molar-refractivity contribution in [2.75, 3.05) is 13.2 Å². The van der Waals surface area contributed by atoms with E-state index in [9.17, 15) is 4.79 Å². The zero-order valence-electron chi connectivity index (χ0n) is 12.8. The third-order valence-corrected chi connectivity index (χ3v) is 3.02. The molecule has 0 heterocycles. The predicted molar refractivity (Wildman–Crippen MR) is 86.9 cm³/mol. The summed E-state index contributed by atoms with van der Waals surface area (Å²) in [5, 5.41) is 0. The smallest absolute Gasteiger partial charge is 0.307 e. The fraction of sp³-hybridized carbons (Fsp3) is 0.562. The summed E-state index contributed by atoms with van der Waals surface area (Å²) in [7, 11) is 0. The van der Waals surface area contributed by atoms with Crippen LogP contribution in [-0.4, -0.2) is 19.2 Å². The summed E-state index contributed by atoms with van der Waals surface area (Å²) in [6.07, 6.45) is 3.64. The van der Waals surface area contributed by atoms with Crippen molar-refractivity contribution >= 4 is 18.4 Å². The Morgan fingerprint density at radius 1 is 1.19 bits per heavy atom. The number of hydrogen-bond acceptors (Lipinski definition) is 4. The molecule has 0 radical (unpaired) electrons. The Morgan fingerprint density at radius 2 is 1.86 bits per heavy atom. The lowest BCUT2D eigenvalue weighted by Gasteiger charge is -2.12. The van der Waals surface area contributed by atoms with E-state index in [4.69, 9.17) is 15.2 Å². The van der Waals surface area contributed by atoms with Crippen molar-refractivity contribution in [2.24, 2.45) is 5.73 Å². The van der Waals surface area contributed by atoms with Gasteiger partial charge < -0.3 is 15.2 Å². The predicted octanol–water partition coefficient (Wildman–Crippen LogP) is 3.63. The van der Waals surface area contributed by atoms with Gasteiger partial charge in [-0.05, 0) is 31.0 Å². The normalized spacial score (nSPS) is 11.4. The third kappa shape index (κ3) is 7.93. The van der Waals surface area contributed by atoms with Gasteiger partial charge in [-0.2, -0.15) is 0 Å². The maximum atomic E-state index is 11.4. The zero-order chi connectivity index (χ0) is 14.8. The van der Waals surface area contributed by atoms with E-state index >= 15 is 0 Å². The number of ether oxygens (including phenoxy) is 2. The summed E-state index contributed by atoms with van der Waals surface area (Å²) in [6.45, 7) is 5.08. The number of hydrogen-bond donors (Lipinski definition) is 1. The minimum atomic E-state index is -0.330. The second kappa shape index (κ2) is 11.4. The van der Waals surface area contributed by atoms with Crippen molar-refractivity contribution in [1.29, 1.82) is 0 Å². The maximum absolute atomic E-state index is 11.4. The molecule has 2 N–H and O–H groups in total. The van der Waals surface area contributed by atoms with Crippen LogP contribution in [0.15, 0.2) is 24.3 Å². The van der Waals surface area contributed by atoms with Crippen LogP contribution in [0.3, 0.4) is 0 Å². The zero-order valence-corrected chi connectivity index (χ0v) is 13.7. The van der Waals surface area contributed by atoms with Crippen molar-refractivity contribution in [3.63, 3.8) is 0 Å². The van der Waals surface area contributed by atoms with E-state index in [-0.39, 0.29) is 30.8 Å². The Hall–Kier alpha value is -1.26. The first kappa shape index (κ1) is 19.7. The van der Waals surface area contributed by atoms with Gasteiger partial charge in [-0.15, -0.1) is 12.4 Å². The standard InChI is InChI=1S/C16H25NO3.ClH/c1-3-5-6-11-20-14-9-7-13(8-10-14)15(17)12-16(18)19-4-2;/h7-10,15H,3-6,11-12,17H2,1-2H3;1H. The van der Waals surface area contributed by atoms with E-state index < -0.39 is 0 Å². The van der Waals surface area contributed by atoms with Crippen LogP contribution in [0.4, 0.5) is 0 Å². The van der Waals surface area contributed by atoms with Gasteiger partial charge in [0.1, 0.15) is 5.75 Å². The molecule has 0 fully saturated rings. The minimum Gasteiger partial charge on any atom is -0.494 e. The molecule has 21 heavy (non-hydrogen) atoms. The molecule has 0 aliphatic carbocycles. The Labute approximate surface area is 133 Å². The molecule has 0 aromatic heterocycles. The van der Waals surface area contributed by atoms with Gasteiger partial charge >= 0.3 is 5.97 Å². The van der Waals surface area contributed by atoms with Gasteiger partial charge in [-0.25, -0.2) is 0 Å². The molecule has 1 aromatic rings. The monoisotopic (exact) mass is 315 g/mol. The quantitative estimate of drug-likeness (QED) is 0.558.